The number of cyclic esters (lactones) is 1. The number of carbonyl (C=O) groups excluding carboxylic acids is 2. The van der Waals surface area contributed by atoms with Gasteiger partial charge in [-0.05, 0) is 19.3 Å². The van der Waals surface area contributed by atoms with Gasteiger partial charge in [-0.3, -0.25) is 9.59 Å². The fraction of sp³-hybridized carbons (Fsp3) is 0.600. The molecule has 0 aromatic carbocycles. The highest BCUT2D eigenvalue weighted by Crippen LogP contribution is 2.05. The van der Waals surface area contributed by atoms with Gasteiger partial charge < -0.3 is 4.74 Å². The molecule has 0 saturated carbocycles. The highest BCUT2D eigenvalue weighted by Gasteiger charge is 2.10. The van der Waals surface area contributed by atoms with Crippen LogP contribution in [0.1, 0.15) is 32.1 Å². The minimum absolute atomic E-state index is 0.00750. The molecule has 72 valence electrons. The standard InChI is InChI=1S/C10H14O3/c11-9-6-4-2-1-3-5-7-13-10(12)8-9/h3,5H,1-2,4,6-8H2/b5-3-. The maximum absolute atomic E-state index is 11.1. The average molecular weight is 182 g/mol. The summed E-state index contributed by atoms with van der Waals surface area (Å²) in [4.78, 5) is 22.0. The number of rotatable bonds is 0. The number of hydrogen-bond acceptors (Lipinski definition) is 3. The maximum atomic E-state index is 11.1. The molecule has 0 saturated heterocycles. The third kappa shape index (κ3) is 4.45. The number of hydrogen-bond donors (Lipinski definition) is 0. The van der Waals surface area contributed by atoms with E-state index in [9.17, 15) is 9.59 Å². The van der Waals surface area contributed by atoms with Crippen molar-refractivity contribution in [2.75, 3.05) is 6.61 Å². The van der Waals surface area contributed by atoms with Crippen LogP contribution >= 0.6 is 0 Å². The molecule has 0 amide bonds. The van der Waals surface area contributed by atoms with Gasteiger partial charge in [-0.2, -0.15) is 0 Å². The predicted molar refractivity (Wildman–Crippen MR) is 48.2 cm³/mol. The highest BCUT2D eigenvalue weighted by molar-refractivity contribution is 5.95. The Kier molecular flexibility index (Phi) is 4.23. The van der Waals surface area contributed by atoms with Crippen molar-refractivity contribution in [1.29, 1.82) is 0 Å². The smallest absolute Gasteiger partial charge is 0.313 e. The van der Waals surface area contributed by atoms with Gasteiger partial charge in [0.15, 0.2) is 0 Å². The van der Waals surface area contributed by atoms with Crippen molar-refractivity contribution in [3.8, 4) is 0 Å². The van der Waals surface area contributed by atoms with Crippen LogP contribution in [0.3, 0.4) is 0 Å². The molecule has 1 aliphatic heterocycles. The lowest BCUT2D eigenvalue weighted by molar-refractivity contribution is -0.144. The van der Waals surface area contributed by atoms with Gasteiger partial charge in [-0.1, -0.05) is 12.2 Å². The summed E-state index contributed by atoms with van der Waals surface area (Å²) in [6.45, 7) is 0.298. The minimum atomic E-state index is -0.406. The molecule has 1 rings (SSSR count). The van der Waals surface area contributed by atoms with Gasteiger partial charge in [-0.25, -0.2) is 0 Å². The van der Waals surface area contributed by atoms with Gasteiger partial charge in [0, 0.05) is 6.42 Å². The summed E-state index contributed by atoms with van der Waals surface area (Å²) in [5.74, 6) is -0.413. The Morgan fingerprint density at radius 1 is 1.15 bits per heavy atom. The molecule has 0 aliphatic carbocycles. The second kappa shape index (κ2) is 5.51. The van der Waals surface area contributed by atoms with E-state index in [1.807, 2.05) is 12.2 Å². The van der Waals surface area contributed by atoms with E-state index in [4.69, 9.17) is 4.74 Å². The molecule has 0 aromatic rings. The van der Waals surface area contributed by atoms with Crippen LogP contribution in [-0.2, 0) is 14.3 Å². The summed E-state index contributed by atoms with van der Waals surface area (Å²) >= 11 is 0. The third-order valence-electron chi connectivity index (χ3n) is 1.93. The van der Waals surface area contributed by atoms with Crippen molar-refractivity contribution in [2.24, 2.45) is 0 Å². The van der Waals surface area contributed by atoms with E-state index in [1.54, 1.807) is 0 Å². The van der Waals surface area contributed by atoms with E-state index < -0.39 is 5.97 Å². The number of allylic oxidation sites excluding steroid dienone is 1. The number of ketones is 1. The lowest BCUT2D eigenvalue weighted by Crippen LogP contribution is -2.10. The fourth-order valence-corrected chi connectivity index (χ4v) is 1.21. The Morgan fingerprint density at radius 2 is 2.00 bits per heavy atom. The van der Waals surface area contributed by atoms with Crippen molar-refractivity contribution in [2.45, 2.75) is 32.1 Å². The topological polar surface area (TPSA) is 43.4 Å². The predicted octanol–water partition coefficient (Wildman–Crippen LogP) is 1.62. The SMILES string of the molecule is O=C1CCCC/C=C\COC(=O)C1. The summed E-state index contributed by atoms with van der Waals surface area (Å²) in [6.07, 6.45) is 7.10. The third-order valence-corrected chi connectivity index (χ3v) is 1.93. The molecule has 13 heavy (non-hydrogen) atoms. The first-order chi connectivity index (χ1) is 6.29. The zero-order valence-electron chi connectivity index (χ0n) is 7.62. The Hall–Kier alpha value is -1.12. The Labute approximate surface area is 77.8 Å². The molecular formula is C10H14O3. The molecule has 3 nitrogen and oxygen atoms in total. The van der Waals surface area contributed by atoms with Crippen LogP contribution in [0.15, 0.2) is 12.2 Å². The van der Waals surface area contributed by atoms with E-state index in [0.717, 1.165) is 19.3 Å². The lowest BCUT2D eigenvalue weighted by atomic mass is 10.1. The zero-order valence-corrected chi connectivity index (χ0v) is 7.62. The van der Waals surface area contributed by atoms with E-state index in [2.05, 4.69) is 0 Å². The first-order valence-electron chi connectivity index (χ1n) is 4.61. The Morgan fingerprint density at radius 3 is 2.85 bits per heavy atom. The number of esters is 1. The van der Waals surface area contributed by atoms with Gasteiger partial charge in [0.25, 0.3) is 0 Å². The van der Waals surface area contributed by atoms with Crippen LogP contribution in [-0.4, -0.2) is 18.4 Å². The first kappa shape index (κ1) is 9.96. The molecular weight excluding hydrogens is 168 g/mol. The zero-order chi connectivity index (χ0) is 9.52. The van der Waals surface area contributed by atoms with Crippen LogP contribution in [0.2, 0.25) is 0 Å². The first-order valence-corrected chi connectivity index (χ1v) is 4.61. The quantitative estimate of drug-likeness (QED) is 0.325. The highest BCUT2D eigenvalue weighted by atomic mass is 16.5. The summed E-state index contributed by atoms with van der Waals surface area (Å²) in [6, 6.07) is 0. The number of carbonyl (C=O) groups is 2. The molecule has 0 fully saturated rings. The van der Waals surface area contributed by atoms with Gasteiger partial charge in [0.2, 0.25) is 0 Å². The molecule has 0 spiro atoms. The van der Waals surface area contributed by atoms with E-state index in [-0.39, 0.29) is 12.2 Å². The Balaban J connectivity index is 2.42. The van der Waals surface area contributed by atoms with E-state index >= 15 is 0 Å². The molecule has 1 aliphatic rings. The second-order valence-corrected chi connectivity index (χ2v) is 3.12. The van der Waals surface area contributed by atoms with Gasteiger partial charge >= 0.3 is 5.97 Å². The van der Waals surface area contributed by atoms with Crippen molar-refractivity contribution >= 4 is 11.8 Å². The van der Waals surface area contributed by atoms with Gasteiger partial charge in [0.05, 0.1) is 0 Å². The van der Waals surface area contributed by atoms with Crippen molar-refractivity contribution in [3.63, 3.8) is 0 Å². The van der Waals surface area contributed by atoms with E-state index in [1.165, 1.54) is 0 Å². The van der Waals surface area contributed by atoms with Crippen LogP contribution in [0.4, 0.5) is 0 Å². The van der Waals surface area contributed by atoms with Gasteiger partial charge in [0.1, 0.15) is 18.8 Å². The van der Waals surface area contributed by atoms with Crippen molar-refractivity contribution < 1.29 is 14.3 Å². The minimum Gasteiger partial charge on any atom is -0.461 e. The van der Waals surface area contributed by atoms with Crippen molar-refractivity contribution in [1.82, 2.24) is 0 Å². The van der Waals surface area contributed by atoms with Gasteiger partial charge in [-0.15, -0.1) is 0 Å². The second-order valence-electron chi connectivity index (χ2n) is 3.12. The number of ether oxygens (including phenoxy) is 1. The molecule has 0 aromatic heterocycles. The summed E-state index contributed by atoms with van der Waals surface area (Å²) in [5, 5.41) is 0. The molecule has 1 heterocycles. The monoisotopic (exact) mass is 182 g/mol. The fourth-order valence-electron chi connectivity index (χ4n) is 1.21. The summed E-state index contributed by atoms with van der Waals surface area (Å²) < 4.78 is 4.80. The average Bonchev–Trinajstić information content (AvgIpc) is 2.11. The van der Waals surface area contributed by atoms with Crippen LogP contribution in [0.25, 0.3) is 0 Å². The molecule has 0 radical (unpaired) electrons. The molecule has 3 heteroatoms. The normalized spacial score (nSPS) is 23.1. The lowest BCUT2D eigenvalue weighted by Gasteiger charge is -1.99. The van der Waals surface area contributed by atoms with E-state index in [0.29, 0.717) is 13.0 Å². The van der Waals surface area contributed by atoms with Crippen LogP contribution < -0.4 is 0 Å². The van der Waals surface area contributed by atoms with Crippen molar-refractivity contribution in [3.05, 3.63) is 12.2 Å². The molecule has 0 atom stereocenters. The Bertz CT molecular complexity index is 218. The molecule has 0 unspecified atom stereocenters. The summed E-state index contributed by atoms with van der Waals surface area (Å²) in [7, 11) is 0. The molecule has 0 bridgehead atoms. The number of Topliss-reactive ketones (excluding diaryl/α,β-unsaturated/α-hetero) is 1. The maximum Gasteiger partial charge on any atom is 0.313 e. The largest absolute Gasteiger partial charge is 0.461 e. The van der Waals surface area contributed by atoms with Crippen LogP contribution in [0, 0.1) is 0 Å². The summed E-state index contributed by atoms with van der Waals surface area (Å²) in [5.41, 5.74) is 0. The van der Waals surface area contributed by atoms with Crippen LogP contribution in [0.5, 0.6) is 0 Å². The molecule has 0 N–H and O–H groups in total.